The second-order valence-corrected chi connectivity index (χ2v) is 5.73. The lowest BCUT2D eigenvalue weighted by Crippen LogP contribution is -2.50. The van der Waals surface area contributed by atoms with E-state index in [0.717, 1.165) is 37.6 Å². The molecule has 1 heterocycles. The molecule has 1 aliphatic rings. The van der Waals surface area contributed by atoms with Crippen LogP contribution in [-0.2, 0) is 11.0 Å². The number of carbonyl (C=O) groups is 2. The molecule has 0 spiro atoms. The van der Waals surface area contributed by atoms with E-state index in [9.17, 15) is 22.8 Å². The predicted molar refractivity (Wildman–Crippen MR) is 82.2 cm³/mol. The van der Waals surface area contributed by atoms with Gasteiger partial charge in [-0.05, 0) is 31.0 Å². The van der Waals surface area contributed by atoms with E-state index in [2.05, 4.69) is 5.32 Å². The molecule has 1 aromatic carbocycles. The van der Waals surface area contributed by atoms with E-state index in [1.165, 1.54) is 6.07 Å². The fourth-order valence-electron chi connectivity index (χ4n) is 2.80. The van der Waals surface area contributed by atoms with Crippen LogP contribution in [0.1, 0.15) is 35.2 Å². The highest BCUT2D eigenvalue weighted by molar-refractivity contribution is 5.97. The summed E-state index contributed by atoms with van der Waals surface area (Å²) >= 11 is 0. The van der Waals surface area contributed by atoms with Crippen LogP contribution in [0.4, 0.5) is 13.2 Å². The zero-order chi connectivity index (χ0) is 17.7. The molecule has 1 amide bonds. The number of benzene rings is 1. The number of amides is 1. The predicted octanol–water partition coefficient (Wildman–Crippen LogP) is 1.78. The number of piperidine rings is 1. The Morgan fingerprint density at radius 3 is 2.71 bits per heavy atom. The third kappa shape index (κ3) is 4.55. The molecule has 2 rings (SSSR count). The normalized spacial score (nSPS) is 19.1. The number of nitrogens with zero attached hydrogens (tertiary/aromatic N) is 1. The first kappa shape index (κ1) is 18.4. The van der Waals surface area contributed by atoms with Gasteiger partial charge in [-0.2, -0.15) is 13.2 Å². The number of nitrogens with one attached hydrogen (secondary N) is 1. The molecule has 0 saturated carbocycles. The van der Waals surface area contributed by atoms with Gasteiger partial charge in [0, 0.05) is 18.8 Å². The van der Waals surface area contributed by atoms with Crippen molar-refractivity contribution < 1.29 is 22.8 Å². The molecule has 3 N–H and O–H groups in total. The molecule has 1 saturated heterocycles. The lowest BCUT2D eigenvalue weighted by Gasteiger charge is -2.33. The molecule has 0 aliphatic carbocycles. The Hall–Kier alpha value is -1.93. The Kier molecular flexibility index (Phi) is 5.95. The van der Waals surface area contributed by atoms with Gasteiger partial charge in [0.15, 0.2) is 5.78 Å². The minimum absolute atomic E-state index is 0.128. The summed E-state index contributed by atoms with van der Waals surface area (Å²) in [5.41, 5.74) is 4.59. The second kappa shape index (κ2) is 7.76. The van der Waals surface area contributed by atoms with Gasteiger partial charge in [-0.15, -0.1) is 0 Å². The smallest absolute Gasteiger partial charge is 0.345 e. The highest BCUT2D eigenvalue weighted by Crippen LogP contribution is 2.29. The number of alkyl halides is 3. The Balaban J connectivity index is 1.96. The molecule has 1 unspecified atom stereocenters. The molecule has 1 aromatic rings. The third-order valence-corrected chi connectivity index (χ3v) is 4.10. The van der Waals surface area contributed by atoms with Crippen LogP contribution in [0, 0.1) is 0 Å². The van der Waals surface area contributed by atoms with Crippen molar-refractivity contribution in [2.75, 3.05) is 19.8 Å². The summed E-state index contributed by atoms with van der Waals surface area (Å²) in [5.74, 6) is -0.884. The fraction of sp³-hybridized carbons (Fsp3) is 0.500. The van der Waals surface area contributed by atoms with E-state index < -0.39 is 17.6 Å². The molecular formula is C16H20F3N3O2. The summed E-state index contributed by atoms with van der Waals surface area (Å²) in [5, 5.41) is 2.40. The molecule has 0 bridgehead atoms. The molecule has 132 valence electrons. The van der Waals surface area contributed by atoms with E-state index >= 15 is 0 Å². The quantitative estimate of drug-likeness (QED) is 0.854. The van der Waals surface area contributed by atoms with Gasteiger partial charge in [-0.25, -0.2) is 0 Å². The van der Waals surface area contributed by atoms with Gasteiger partial charge >= 0.3 is 6.18 Å². The van der Waals surface area contributed by atoms with Gasteiger partial charge in [0.25, 0.3) is 5.91 Å². The zero-order valence-corrected chi connectivity index (χ0v) is 13.1. The molecule has 24 heavy (non-hydrogen) atoms. The van der Waals surface area contributed by atoms with Crippen molar-refractivity contribution in [2.24, 2.45) is 5.73 Å². The van der Waals surface area contributed by atoms with Crippen molar-refractivity contribution in [1.82, 2.24) is 10.2 Å². The maximum atomic E-state index is 12.7. The van der Waals surface area contributed by atoms with Crippen LogP contribution in [0.2, 0.25) is 0 Å². The summed E-state index contributed by atoms with van der Waals surface area (Å²) in [7, 11) is 0. The maximum absolute atomic E-state index is 12.7. The van der Waals surface area contributed by atoms with Crippen LogP contribution >= 0.6 is 0 Å². The Morgan fingerprint density at radius 1 is 1.29 bits per heavy atom. The van der Waals surface area contributed by atoms with Crippen LogP contribution in [0.15, 0.2) is 24.3 Å². The highest BCUT2D eigenvalue weighted by Gasteiger charge is 2.31. The van der Waals surface area contributed by atoms with Gasteiger partial charge in [0.1, 0.15) is 0 Å². The number of Topliss-reactive ketones (excluding diaryl/α,β-unsaturated/α-hetero) is 1. The van der Waals surface area contributed by atoms with Gasteiger partial charge in [0.05, 0.1) is 18.2 Å². The highest BCUT2D eigenvalue weighted by atomic mass is 19.4. The third-order valence-electron chi connectivity index (χ3n) is 4.10. The number of hydrogen-bond donors (Lipinski definition) is 2. The molecule has 0 aromatic heterocycles. The number of nitrogens with two attached hydrogens (primary N) is 1. The van der Waals surface area contributed by atoms with Crippen LogP contribution in [0.3, 0.4) is 0 Å². The van der Waals surface area contributed by atoms with Crippen molar-refractivity contribution in [2.45, 2.75) is 31.5 Å². The van der Waals surface area contributed by atoms with E-state index in [-0.39, 0.29) is 30.6 Å². The van der Waals surface area contributed by atoms with Gasteiger partial charge < -0.3 is 11.1 Å². The van der Waals surface area contributed by atoms with Crippen LogP contribution in [0.25, 0.3) is 0 Å². The number of rotatable bonds is 5. The first-order chi connectivity index (χ1) is 11.3. The SMILES string of the molecule is NCN1CCCCC1C(=O)CNC(=O)c1cccc(C(F)(F)F)c1. The summed E-state index contributed by atoms with van der Waals surface area (Å²) in [6.07, 6.45) is -1.96. The van der Waals surface area contributed by atoms with Gasteiger partial charge in [-0.1, -0.05) is 12.5 Å². The zero-order valence-electron chi connectivity index (χ0n) is 13.1. The molecule has 1 aliphatic heterocycles. The Bertz CT molecular complexity index is 604. The summed E-state index contributed by atoms with van der Waals surface area (Å²) in [6.45, 7) is 0.767. The number of likely N-dealkylation sites (tertiary alicyclic amines) is 1. The largest absolute Gasteiger partial charge is 0.416 e. The molecular weight excluding hydrogens is 323 g/mol. The van der Waals surface area contributed by atoms with Crippen molar-refractivity contribution in [3.63, 3.8) is 0 Å². The Labute approximate surface area is 138 Å². The molecule has 8 heteroatoms. The van der Waals surface area contributed by atoms with Crippen LogP contribution in [-0.4, -0.2) is 42.4 Å². The van der Waals surface area contributed by atoms with Crippen molar-refractivity contribution in [1.29, 1.82) is 0 Å². The summed E-state index contributed by atoms with van der Waals surface area (Å²) in [4.78, 5) is 26.1. The topological polar surface area (TPSA) is 75.4 Å². The minimum Gasteiger partial charge on any atom is -0.345 e. The summed E-state index contributed by atoms with van der Waals surface area (Å²) < 4.78 is 38.0. The van der Waals surface area contributed by atoms with E-state index in [1.54, 1.807) is 0 Å². The Morgan fingerprint density at radius 2 is 2.04 bits per heavy atom. The maximum Gasteiger partial charge on any atom is 0.416 e. The van der Waals surface area contributed by atoms with Crippen molar-refractivity contribution >= 4 is 11.7 Å². The molecule has 1 fully saturated rings. The lowest BCUT2D eigenvalue weighted by atomic mass is 9.99. The average Bonchev–Trinajstić information content (AvgIpc) is 2.58. The number of carbonyl (C=O) groups excluding carboxylic acids is 2. The first-order valence-electron chi connectivity index (χ1n) is 7.75. The monoisotopic (exact) mass is 343 g/mol. The van der Waals surface area contributed by atoms with Gasteiger partial charge in [0.2, 0.25) is 0 Å². The van der Waals surface area contributed by atoms with Gasteiger partial charge in [-0.3, -0.25) is 14.5 Å². The average molecular weight is 343 g/mol. The number of hydrogen-bond acceptors (Lipinski definition) is 4. The van der Waals surface area contributed by atoms with Crippen LogP contribution < -0.4 is 11.1 Å². The van der Waals surface area contributed by atoms with E-state index in [4.69, 9.17) is 5.73 Å². The lowest BCUT2D eigenvalue weighted by molar-refractivity contribution is -0.137. The fourth-order valence-corrected chi connectivity index (χ4v) is 2.80. The standard InChI is InChI=1S/C16H20F3N3O2/c17-16(18,19)12-5-3-4-11(8-12)15(24)21-9-14(23)13-6-1-2-7-22(13)10-20/h3-5,8,13H,1-2,6-7,9-10,20H2,(H,21,24). The van der Waals surface area contributed by atoms with Crippen molar-refractivity contribution in [3.8, 4) is 0 Å². The van der Waals surface area contributed by atoms with Crippen LogP contribution in [0.5, 0.6) is 0 Å². The molecule has 1 atom stereocenters. The second-order valence-electron chi connectivity index (χ2n) is 5.73. The van der Waals surface area contributed by atoms with Crippen molar-refractivity contribution in [3.05, 3.63) is 35.4 Å². The van der Waals surface area contributed by atoms with E-state index in [1.807, 2.05) is 4.90 Å². The molecule has 5 nitrogen and oxygen atoms in total. The molecule has 0 radical (unpaired) electrons. The summed E-state index contributed by atoms with van der Waals surface area (Å²) in [6, 6.07) is 3.76. The number of ketones is 1. The van der Waals surface area contributed by atoms with E-state index in [0.29, 0.717) is 6.42 Å². The first-order valence-corrected chi connectivity index (χ1v) is 7.75. The number of halogens is 3. The minimum atomic E-state index is -4.52.